The van der Waals surface area contributed by atoms with E-state index >= 15 is 0 Å². The van der Waals surface area contributed by atoms with Crippen molar-refractivity contribution in [3.05, 3.63) is 58.7 Å². The molecule has 2 aromatic rings. The molecule has 5 nitrogen and oxygen atoms in total. The average Bonchev–Trinajstić information content (AvgIpc) is 2.59. The highest BCUT2D eigenvalue weighted by atomic mass is 16.3. The van der Waals surface area contributed by atoms with Crippen LogP contribution in [-0.2, 0) is 19.4 Å². The first kappa shape index (κ1) is 17.7. The molecule has 3 rings (SSSR count). The van der Waals surface area contributed by atoms with Crippen LogP contribution >= 0.6 is 0 Å². The third kappa shape index (κ3) is 3.79. The number of benzene rings is 2. The lowest BCUT2D eigenvalue weighted by Crippen LogP contribution is -2.44. The van der Waals surface area contributed by atoms with E-state index in [1.54, 1.807) is 18.2 Å². The van der Waals surface area contributed by atoms with Crippen molar-refractivity contribution >= 4 is 0 Å². The van der Waals surface area contributed by atoms with Crippen molar-refractivity contribution in [3.63, 3.8) is 0 Å². The molecule has 0 heterocycles. The molecule has 3 atom stereocenters. The molecule has 0 radical (unpaired) electrons. The third-order valence-electron chi connectivity index (χ3n) is 4.98. The van der Waals surface area contributed by atoms with E-state index in [0.717, 1.165) is 29.5 Å². The lowest BCUT2D eigenvalue weighted by molar-refractivity contribution is 0.108. The highest BCUT2D eigenvalue weighted by Crippen LogP contribution is 2.36. The van der Waals surface area contributed by atoms with E-state index in [2.05, 4.69) is 12.2 Å². The van der Waals surface area contributed by atoms with Crippen LogP contribution < -0.4 is 5.32 Å². The summed E-state index contributed by atoms with van der Waals surface area (Å²) in [4.78, 5) is 0. The Hall–Kier alpha value is -2.08. The second-order valence-corrected chi connectivity index (χ2v) is 6.82. The van der Waals surface area contributed by atoms with Crippen molar-refractivity contribution in [2.24, 2.45) is 0 Å². The molecular weight excluding hydrogens is 318 g/mol. The summed E-state index contributed by atoms with van der Waals surface area (Å²) in [7, 11) is 0. The Balaban J connectivity index is 1.69. The number of nitrogens with one attached hydrogen (secondary N) is 1. The quantitative estimate of drug-likeness (QED) is 0.574. The zero-order chi connectivity index (χ0) is 18.0. The van der Waals surface area contributed by atoms with E-state index in [9.17, 15) is 20.4 Å². The van der Waals surface area contributed by atoms with Gasteiger partial charge >= 0.3 is 0 Å². The Kier molecular flexibility index (Phi) is 5.27. The minimum absolute atomic E-state index is 0.0734. The Labute approximate surface area is 147 Å². The van der Waals surface area contributed by atoms with Crippen LogP contribution in [0.25, 0.3) is 0 Å². The van der Waals surface area contributed by atoms with Crippen molar-refractivity contribution < 1.29 is 20.4 Å². The fourth-order valence-electron chi connectivity index (χ4n) is 3.71. The molecule has 0 aliphatic heterocycles. The van der Waals surface area contributed by atoms with Crippen molar-refractivity contribution in [1.82, 2.24) is 5.32 Å². The predicted molar refractivity (Wildman–Crippen MR) is 95.5 cm³/mol. The normalized spacial score (nSPS) is 20.9. The lowest BCUT2D eigenvalue weighted by atomic mass is 9.82. The number of phenols is 2. The van der Waals surface area contributed by atoms with E-state index in [1.807, 2.05) is 12.1 Å². The number of aromatic hydroxyl groups is 2. The molecule has 0 aromatic heterocycles. The number of phenolic OH excluding ortho intramolecular Hbond substituents is 1. The molecule has 1 aliphatic carbocycles. The van der Waals surface area contributed by atoms with E-state index < -0.39 is 6.10 Å². The van der Waals surface area contributed by atoms with Gasteiger partial charge in [-0.25, -0.2) is 0 Å². The average molecular weight is 343 g/mol. The van der Waals surface area contributed by atoms with Crippen LogP contribution in [0.15, 0.2) is 36.4 Å². The van der Waals surface area contributed by atoms with Crippen molar-refractivity contribution in [1.29, 1.82) is 0 Å². The number of rotatable bonds is 5. The second kappa shape index (κ2) is 7.44. The van der Waals surface area contributed by atoms with Gasteiger partial charge in [0.2, 0.25) is 0 Å². The van der Waals surface area contributed by atoms with E-state index in [0.29, 0.717) is 12.0 Å². The Morgan fingerprint density at radius 3 is 2.52 bits per heavy atom. The van der Waals surface area contributed by atoms with Crippen LogP contribution in [-0.4, -0.2) is 32.5 Å². The molecule has 5 heteroatoms. The van der Waals surface area contributed by atoms with Crippen molar-refractivity contribution in [3.8, 4) is 11.5 Å². The number of fused-ring (bicyclic) bond motifs is 1. The Bertz CT molecular complexity index is 729. The summed E-state index contributed by atoms with van der Waals surface area (Å²) in [5, 5.41) is 42.9. The van der Waals surface area contributed by atoms with Gasteiger partial charge in [0.15, 0.2) is 0 Å². The van der Waals surface area contributed by atoms with Gasteiger partial charge in [-0.2, -0.15) is 0 Å². The highest BCUT2D eigenvalue weighted by molar-refractivity contribution is 5.46. The smallest absolute Gasteiger partial charge is 0.121 e. The zero-order valence-electron chi connectivity index (χ0n) is 14.3. The first-order chi connectivity index (χ1) is 12.0. The van der Waals surface area contributed by atoms with Gasteiger partial charge in [0, 0.05) is 17.6 Å². The highest BCUT2D eigenvalue weighted by Gasteiger charge is 2.30. The van der Waals surface area contributed by atoms with Crippen LogP contribution in [0.4, 0.5) is 0 Å². The molecule has 134 valence electrons. The van der Waals surface area contributed by atoms with Crippen LogP contribution in [0.2, 0.25) is 0 Å². The Morgan fingerprint density at radius 1 is 1.12 bits per heavy atom. The minimum atomic E-state index is -0.670. The standard InChI is InChI=1S/C20H25NO4/c1-12(10-13-2-4-14(23)5-3-13)21-18-8-6-15-16(20(18)25)7-9-19(24)17(15)11-22/h2-5,7,9,12,18,20-25H,6,8,10-11H2,1H3/t12?,18-,20-/m0/s1. The van der Waals surface area contributed by atoms with E-state index in [1.165, 1.54) is 6.07 Å². The number of aliphatic hydroxyl groups is 2. The number of hydrogen-bond acceptors (Lipinski definition) is 5. The molecule has 1 unspecified atom stereocenters. The summed E-state index contributed by atoms with van der Waals surface area (Å²) >= 11 is 0. The maximum Gasteiger partial charge on any atom is 0.121 e. The molecule has 0 fully saturated rings. The summed E-state index contributed by atoms with van der Waals surface area (Å²) in [6.07, 6.45) is 1.58. The molecule has 0 saturated carbocycles. The van der Waals surface area contributed by atoms with Gasteiger partial charge in [-0.1, -0.05) is 18.2 Å². The number of aliphatic hydroxyl groups excluding tert-OH is 2. The fraction of sp³-hybridized carbons (Fsp3) is 0.400. The fourth-order valence-corrected chi connectivity index (χ4v) is 3.71. The summed E-state index contributed by atoms with van der Waals surface area (Å²) in [6, 6.07) is 10.5. The van der Waals surface area contributed by atoms with Crippen molar-refractivity contribution in [2.75, 3.05) is 0 Å². The second-order valence-electron chi connectivity index (χ2n) is 6.82. The first-order valence-electron chi connectivity index (χ1n) is 8.66. The Morgan fingerprint density at radius 2 is 1.84 bits per heavy atom. The van der Waals surface area contributed by atoms with Crippen molar-refractivity contribution in [2.45, 2.75) is 51.0 Å². The first-order valence-corrected chi connectivity index (χ1v) is 8.66. The van der Waals surface area contributed by atoms with Crippen LogP contribution in [0.5, 0.6) is 11.5 Å². The molecule has 1 aliphatic rings. The van der Waals surface area contributed by atoms with Gasteiger partial charge in [0.1, 0.15) is 11.5 Å². The molecule has 2 aromatic carbocycles. The molecular formula is C20H25NO4. The number of hydrogen-bond donors (Lipinski definition) is 5. The molecule has 0 saturated heterocycles. The third-order valence-corrected chi connectivity index (χ3v) is 4.98. The largest absolute Gasteiger partial charge is 0.508 e. The monoisotopic (exact) mass is 343 g/mol. The van der Waals surface area contributed by atoms with E-state index in [4.69, 9.17) is 0 Å². The van der Waals surface area contributed by atoms with Gasteiger partial charge in [-0.3, -0.25) is 0 Å². The zero-order valence-corrected chi connectivity index (χ0v) is 14.3. The van der Waals surface area contributed by atoms with Gasteiger partial charge in [0.25, 0.3) is 0 Å². The molecule has 0 spiro atoms. The van der Waals surface area contributed by atoms with Crippen LogP contribution in [0.1, 0.15) is 41.7 Å². The summed E-state index contributed by atoms with van der Waals surface area (Å²) in [6.45, 7) is 1.85. The minimum Gasteiger partial charge on any atom is -0.508 e. The SMILES string of the molecule is CC(Cc1ccc(O)cc1)N[C@H]1CCc2c(ccc(O)c2CO)[C@@H]1O. The summed E-state index contributed by atoms with van der Waals surface area (Å²) in [5.41, 5.74) is 3.28. The summed E-state index contributed by atoms with van der Waals surface area (Å²) in [5.74, 6) is 0.340. The maximum atomic E-state index is 10.7. The van der Waals surface area contributed by atoms with Gasteiger partial charge in [-0.05, 0) is 61.1 Å². The van der Waals surface area contributed by atoms with E-state index in [-0.39, 0.29) is 30.2 Å². The maximum absolute atomic E-state index is 10.7. The molecule has 25 heavy (non-hydrogen) atoms. The van der Waals surface area contributed by atoms with Gasteiger partial charge in [-0.15, -0.1) is 0 Å². The predicted octanol–water partition coefficient (Wildman–Crippen LogP) is 2.16. The topological polar surface area (TPSA) is 93.0 Å². The van der Waals surface area contributed by atoms with Crippen LogP contribution in [0.3, 0.4) is 0 Å². The van der Waals surface area contributed by atoms with Gasteiger partial charge < -0.3 is 25.7 Å². The molecule has 0 bridgehead atoms. The molecule has 5 N–H and O–H groups in total. The summed E-state index contributed by atoms with van der Waals surface area (Å²) < 4.78 is 0. The molecule has 0 amide bonds. The van der Waals surface area contributed by atoms with Crippen LogP contribution in [0, 0.1) is 0 Å². The lowest BCUT2D eigenvalue weighted by Gasteiger charge is -2.34. The van der Waals surface area contributed by atoms with Gasteiger partial charge in [0.05, 0.1) is 12.7 Å².